The molecular weight excluding hydrogens is 302 g/mol. The monoisotopic (exact) mass is 331 g/mol. The predicted molar refractivity (Wildman–Crippen MR) is 96.2 cm³/mol. The molecule has 2 saturated heterocycles. The van der Waals surface area contributed by atoms with Gasteiger partial charge in [0, 0.05) is 42.7 Å². The number of aliphatic hydroxyl groups is 1. The Balaban J connectivity index is 1.65. The number of nitrogens with zero attached hydrogens (tertiary/aromatic N) is 1. The Labute approximate surface area is 144 Å². The summed E-state index contributed by atoms with van der Waals surface area (Å²) in [5, 5.41) is 16.6. The van der Waals surface area contributed by atoms with Crippen molar-refractivity contribution in [3.63, 3.8) is 0 Å². The lowest BCUT2D eigenvalue weighted by molar-refractivity contribution is -0.123. The van der Waals surface area contributed by atoms with Crippen LogP contribution in [0, 0.1) is 5.92 Å². The minimum Gasteiger partial charge on any atom is -0.392 e. The van der Waals surface area contributed by atoms with Gasteiger partial charge in [-0.1, -0.05) is 12.1 Å². The Hall–Kier alpha value is -1.43. The molecule has 1 aromatic carbocycles. The molecule has 0 aliphatic carbocycles. The second-order valence-corrected chi connectivity index (χ2v) is 7.19. The largest absolute Gasteiger partial charge is 0.392 e. The van der Waals surface area contributed by atoms with Gasteiger partial charge in [-0.3, -0.25) is 4.79 Å². The Kier molecular flexibility index (Phi) is 5.87. The molecule has 0 spiro atoms. The van der Waals surface area contributed by atoms with Gasteiger partial charge in [0.1, 0.15) is 5.78 Å². The second-order valence-electron chi connectivity index (χ2n) is 7.19. The molecule has 0 radical (unpaired) electrons. The summed E-state index contributed by atoms with van der Waals surface area (Å²) in [6.07, 6.45) is 3.65. The van der Waals surface area contributed by atoms with Crippen LogP contribution in [0.5, 0.6) is 0 Å². The van der Waals surface area contributed by atoms with Crippen LogP contribution < -0.4 is 10.6 Å². The van der Waals surface area contributed by atoms with Crippen molar-refractivity contribution < 1.29 is 9.90 Å². The topological polar surface area (TPSA) is 64.6 Å². The maximum atomic E-state index is 12.0. The molecule has 0 saturated carbocycles. The van der Waals surface area contributed by atoms with Crippen LogP contribution in [0.25, 0.3) is 0 Å². The van der Waals surface area contributed by atoms with Gasteiger partial charge in [-0.2, -0.15) is 0 Å². The lowest BCUT2D eigenvalue weighted by Gasteiger charge is -2.30. The molecular formula is C19H29N3O2. The zero-order chi connectivity index (χ0) is 16.9. The van der Waals surface area contributed by atoms with Crippen LogP contribution in [0.2, 0.25) is 0 Å². The first-order valence-electron chi connectivity index (χ1n) is 9.07. The number of carbonyl (C=O) groups excluding carboxylic acids is 1. The minimum absolute atomic E-state index is 0.0274. The summed E-state index contributed by atoms with van der Waals surface area (Å²) < 4.78 is 0. The van der Waals surface area contributed by atoms with E-state index in [1.165, 1.54) is 0 Å². The van der Waals surface area contributed by atoms with Crippen molar-refractivity contribution in [2.75, 3.05) is 38.5 Å². The fourth-order valence-electron chi connectivity index (χ4n) is 3.69. The van der Waals surface area contributed by atoms with Crippen molar-refractivity contribution in [1.82, 2.24) is 10.2 Å². The number of benzene rings is 1. The summed E-state index contributed by atoms with van der Waals surface area (Å²) in [6, 6.07) is 6.69. The van der Waals surface area contributed by atoms with Gasteiger partial charge < -0.3 is 20.6 Å². The molecule has 1 unspecified atom stereocenters. The van der Waals surface area contributed by atoms with Crippen LogP contribution in [0.1, 0.15) is 30.4 Å². The number of hydrogen-bond acceptors (Lipinski definition) is 5. The number of ketones is 1. The summed E-state index contributed by atoms with van der Waals surface area (Å²) in [7, 11) is 2.16. The van der Waals surface area contributed by atoms with Crippen LogP contribution in [0.3, 0.4) is 0 Å². The third-order valence-electron chi connectivity index (χ3n) is 5.29. The first kappa shape index (κ1) is 17.4. The number of anilines is 1. The lowest BCUT2D eigenvalue weighted by atomic mass is 9.90. The lowest BCUT2D eigenvalue weighted by Crippen LogP contribution is -2.38. The minimum atomic E-state index is 0.0274. The van der Waals surface area contributed by atoms with Gasteiger partial charge in [0.2, 0.25) is 0 Å². The summed E-state index contributed by atoms with van der Waals surface area (Å²) >= 11 is 0. The third-order valence-corrected chi connectivity index (χ3v) is 5.29. The quantitative estimate of drug-likeness (QED) is 0.761. The van der Waals surface area contributed by atoms with Crippen molar-refractivity contribution in [3.05, 3.63) is 29.3 Å². The summed E-state index contributed by atoms with van der Waals surface area (Å²) in [4.78, 5) is 14.4. The molecule has 24 heavy (non-hydrogen) atoms. The highest BCUT2D eigenvalue weighted by atomic mass is 16.3. The predicted octanol–water partition coefficient (Wildman–Crippen LogP) is 1.41. The van der Waals surface area contributed by atoms with E-state index in [1.807, 2.05) is 0 Å². The van der Waals surface area contributed by atoms with Crippen molar-refractivity contribution in [1.29, 1.82) is 0 Å². The first-order chi connectivity index (χ1) is 11.7. The normalized spacial score (nSPS) is 23.4. The van der Waals surface area contributed by atoms with Gasteiger partial charge in [0.05, 0.1) is 6.61 Å². The van der Waals surface area contributed by atoms with Gasteiger partial charge in [-0.15, -0.1) is 0 Å². The Morgan fingerprint density at radius 2 is 2.12 bits per heavy atom. The highest BCUT2D eigenvalue weighted by Gasteiger charge is 2.22. The molecule has 5 heteroatoms. The van der Waals surface area contributed by atoms with E-state index in [9.17, 15) is 9.90 Å². The molecule has 2 heterocycles. The van der Waals surface area contributed by atoms with E-state index in [1.54, 1.807) is 0 Å². The molecule has 5 nitrogen and oxygen atoms in total. The number of carbonyl (C=O) groups is 1. The smallest absolute Gasteiger partial charge is 0.138 e. The van der Waals surface area contributed by atoms with Gasteiger partial charge >= 0.3 is 0 Å². The van der Waals surface area contributed by atoms with Crippen molar-refractivity contribution in [2.24, 2.45) is 5.92 Å². The van der Waals surface area contributed by atoms with Crippen molar-refractivity contribution >= 4 is 11.5 Å². The zero-order valence-corrected chi connectivity index (χ0v) is 14.6. The molecule has 2 fully saturated rings. The molecule has 1 atom stereocenters. The maximum Gasteiger partial charge on any atom is 0.138 e. The molecule has 1 aromatic rings. The number of hydrogen-bond donors (Lipinski definition) is 3. The number of likely N-dealkylation sites (tertiary alicyclic amines) is 1. The van der Waals surface area contributed by atoms with Gasteiger partial charge in [-0.25, -0.2) is 0 Å². The van der Waals surface area contributed by atoms with E-state index < -0.39 is 0 Å². The zero-order valence-electron chi connectivity index (χ0n) is 14.6. The van der Waals surface area contributed by atoms with Crippen LogP contribution >= 0.6 is 0 Å². The van der Waals surface area contributed by atoms with Crippen molar-refractivity contribution in [2.45, 2.75) is 38.3 Å². The number of nitrogens with one attached hydrogen (secondary N) is 2. The van der Waals surface area contributed by atoms with Gasteiger partial charge in [0.15, 0.2) is 0 Å². The summed E-state index contributed by atoms with van der Waals surface area (Å²) in [6.45, 7) is 3.82. The highest BCUT2D eigenvalue weighted by Crippen LogP contribution is 2.23. The Bertz CT molecular complexity index is 568. The standard InChI is InChI=1S/C19H29N3O2/c1-22-8-5-17(6-9-22)21-18-3-2-14(11-16(18)13-23)10-15-12-20-7-4-19(15)24/h2-3,11,15,17,20-21,23H,4-10,12-13H2,1H3. The van der Waals surface area contributed by atoms with Crippen LogP contribution in [-0.2, 0) is 17.8 Å². The second kappa shape index (κ2) is 8.10. The molecule has 0 amide bonds. The maximum absolute atomic E-state index is 12.0. The van der Waals surface area contributed by atoms with E-state index in [0.29, 0.717) is 18.2 Å². The summed E-state index contributed by atoms with van der Waals surface area (Å²) in [5.74, 6) is 0.422. The average Bonchev–Trinajstić information content (AvgIpc) is 2.60. The number of rotatable bonds is 5. The highest BCUT2D eigenvalue weighted by molar-refractivity contribution is 5.82. The van der Waals surface area contributed by atoms with Gasteiger partial charge in [-0.05, 0) is 51.0 Å². The van der Waals surface area contributed by atoms with E-state index >= 15 is 0 Å². The van der Waals surface area contributed by atoms with E-state index in [-0.39, 0.29) is 12.5 Å². The summed E-state index contributed by atoms with van der Waals surface area (Å²) in [5.41, 5.74) is 3.10. The third kappa shape index (κ3) is 4.35. The fraction of sp³-hybridized carbons (Fsp3) is 0.632. The molecule has 3 rings (SSSR count). The number of piperidine rings is 2. The molecule has 2 aliphatic heterocycles. The average molecular weight is 331 g/mol. The Morgan fingerprint density at radius 3 is 2.83 bits per heavy atom. The van der Waals surface area contributed by atoms with Gasteiger partial charge in [0.25, 0.3) is 0 Å². The van der Waals surface area contributed by atoms with Crippen LogP contribution in [0.15, 0.2) is 18.2 Å². The van der Waals surface area contributed by atoms with Crippen LogP contribution in [-0.4, -0.2) is 55.1 Å². The molecule has 3 N–H and O–H groups in total. The fourth-order valence-corrected chi connectivity index (χ4v) is 3.69. The van der Waals surface area contributed by atoms with E-state index in [0.717, 1.165) is 62.3 Å². The molecule has 2 aliphatic rings. The first-order valence-corrected chi connectivity index (χ1v) is 9.07. The molecule has 0 bridgehead atoms. The number of Topliss-reactive ketones (excluding diaryl/α,β-unsaturated/α-hetero) is 1. The number of aliphatic hydroxyl groups excluding tert-OH is 1. The van der Waals surface area contributed by atoms with E-state index in [2.05, 4.69) is 40.8 Å². The Morgan fingerprint density at radius 1 is 1.33 bits per heavy atom. The van der Waals surface area contributed by atoms with Crippen molar-refractivity contribution in [3.8, 4) is 0 Å². The SMILES string of the molecule is CN1CCC(Nc2ccc(CC3CNCCC3=O)cc2CO)CC1. The molecule has 0 aromatic heterocycles. The molecule has 132 valence electrons. The van der Waals surface area contributed by atoms with Crippen LogP contribution in [0.4, 0.5) is 5.69 Å². The van der Waals surface area contributed by atoms with E-state index in [4.69, 9.17) is 0 Å².